The minimum atomic E-state index is -1.42. The van der Waals surface area contributed by atoms with Crippen LogP contribution in [-0.4, -0.2) is 25.1 Å². The first-order valence-corrected chi connectivity index (χ1v) is 7.07. The Bertz CT molecular complexity index is 654. The smallest absolute Gasteiger partial charge is 0.339 e. The summed E-state index contributed by atoms with van der Waals surface area (Å²) >= 11 is 5.97. The van der Waals surface area contributed by atoms with Crippen molar-refractivity contribution in [2.45, 2.75) is 10.6 Å². The van der Waals surface area contributed by atoms with Crippen molar-refractivity contribution in [2.75, 3.05) is 0 Å². The van der Waals surface area contributed by atoms with Gasteiger partial charge in [0.15, 0.2) is 0 Å². The fraction of sp³-hybridized carbons (Fsp3) is 0.167. The van der Waals surface area contributed by atoms with E-state index in [0.717, 1.165) is 0 Å². The number of hydrogen-bond donors (Lipinski definition) is 1. The van der Waals surface area contributed by atoms with E-state index in [9.17, 15) is 9.00 Å². The molecule has 5 nitrogen and oxygen atoms in total. The summed E-state index contributed by atoms with van der Waals surface area (Å²) in [4.78, 5) is 11.5. The van der Waals surface area contributed by atoms with Crippen LogP contribution in [0.5, 0.6) is 0 Å². The van der Waals surface area contributed by atoms with Gasteiger partial charge in [-0.05, 0) is 12.1 Å². The Morgan fingerprint density at radius 2 is 2.16 bits per heavy atom. The summed E-state index contributed by atoms with van der Waals surface area (Å²) in [5.74, 6) is -1.03. The Kier molecular flexibility index (Phi) is 4.01. The largest absolute Gasteiger partial charge is 0.478 e. The molecule has 7 heteroatoms. The maximum absolute atomic E-state index is 12.3. The minimum absolute atomic E-state index is 0.0574. The summed E-state index contributed by atoms with van der Waals surface area (Å²) in [7, 11) is 0.199. The Balaban J connectivity index is 2.32. The van der Waals surface area contributed by atoms with Crippen LogP contribution in [0.4, 0.5) is 0 Å². The molecular weight excluding hydrogens is 288 g/mol. The summed E-state index contributed by atoms with van der Waals surface area (Å²) in [5, 5.41) is 13.3. The lowest BCUT2D eigenvalue weighted by Crippen LogP contribution is -2.08. The van der Waals surface area contributed by atoms with Gasteiger partial charge in [-0.3, -0.25) is 8.89 Å². The van der Waals surface area contributed by atoms with Crippen molar-refractivity contribution in [3.63, 3.8) is 0 Å². The summed E-state index contributed by atoms with van der Waals surface area (Å²) in [5.41, 5.74) is 0.466. The molecular formula is C12H11ClN2O3S. The SMILES string of the molecule is Cn1ncc(C(=O)O)c1CS(=O)c1ccccc1Cl. The first-order chi connectivity index (χ1) is 9.00. The van der Waals surface area contributed by atoms with Crippen molar-refractivity contribution < 1.29 is 14.1 Å². The van der Waals surface area contributed by atoms with Crippen molar-refractivity contribution in [2.24, 2.45) is 7.05 Å². The van der Waals surface area contributed by atoms with Crippen LogP contribution in [0.2, 0.25) is 5.02 Å². The predicted molar refractivity (Wildman–Crippen MR) is 71.7 cm³/mol. The number of nitrogens with zero attached hydrogens (tertiary/aromatic N) is 2. The van der Waals surface area contributed by atoms with E-state index in [2.05, 4.69) is 5.10 Å². The van der Waals surface area contributed by atoms with Crippen molar-refractivity contribution >= 4 is 28.4 Å². The van der Waals surface area contributed by atoms with Crippen LogP contribution in [0.15, 0.2) is 35.4 Å². The van der Waals surface area contributed by atoms with Crippen LogP contribution in [-0.2, 0) is 23.6 Å². The van der Waals surface area contributed by atoms with E-state index in [0.29, 0.717) is 15.6 Å². The maximum Gasteiger partial charge on any atom is 0.339 e. The molecule has 0 amide bonds. The van der Waals surface area contributed by atoms with Gasteiger partial charge in [-0.1, -0.05) is 23.7 Å². The molecule has 100 valence electrons. The van der Waals surface area contributed by atoms with E-state index in [-0.39, 0.29) is 11.3 Å². The van der Waals surface area contributed by atoms with Gasteiger partial charge in [0.25, 0.3) is 0 Å². The lowest BCUT2D eigenvalue weighted by atomic mass is 10.3. The van der Waals surface area contributed by atoms with E-state index in [1.807, 2.05) is 0 Å². The molecule has 0 aliphatic rings. The first-order valence-electron chi connectivity index (χ1n) is 5.37. The molecule has 19 heavy (non-hydrogen) atoms. The third kappa shape index (κ3) is 2.85. The molecule has 1 atom stereocenters. The van der Waals surface area contributed by atoms with E-state index in [4.69, 9.17) is 16.7 Å². The van der Waals surface area contributed by atoms with Crippen LogP contribution < -0.4 is 0 Å². The molecule has 1 aromatic heterocycles. The summed E-state index contributed by atoms with van der Waals surface area (Å²) in [6, 6.07) is 6.79. The highest BCUT2D eigenvalue weighted by Gasteiger charge is 2.18. The highest BCUT2D eigenvalue weighted by Crippen LogP contribution is 2.22. The van der Waals surface area contributed by atoms with E-state index >= 15 is 0 Å². The minimum Gasteiger partial charge on any atom is -0.478 e. The number of carboxylic acid groups (broad SMARTS) is 1. The number of carboxylic acids is 1. The summed E-state index contributed by atoms with van der Waals surface area (Å²) < 4.78 is 13.7. The molecule has 0 aliphatic carbocycles. The molecule has 2 aromatic rings. The van der Waals surface area contributed by atoms with Gasteiger partial charge in [-0.15, -0.1) is 0 Å². The molecule has 0 fully saturated rings. The molecule has 0 aliphatic heterocycles. The molecule has 0 spiro atoms. The standard InChI is InChI=1S/C12H11ClN2O3S/c1-15-10(8(6-14-15)12(16)17)7-19(18)11-5-3-2-4-9(11)13/h2-6H,7H2,1H3,(H,16,17). The third-order valence-electron chi connectivity index (χ3n) is 2.64. The van der Waals surface area contributed by atoms with Gasteiger partial charge < -0.3 is 5.11 Å². The molecule has 0 radical (unpaired) electrons. The van der Waals surface area contributed by atoms with Crippen molar-refractivity contribution in [3.05, 3.63) is 46.7 Å². The average Bonchev–Trinajstić information content (AvgIpc) is 2.71. The highest BCUT2D eigenvalue weighted by atomic mass is 35.5. The lowest BCUT2D eigenvalue weighted by molar-refractivity contribution is 0.0696. The fourth-order valence-corrected chi connectivity index (χ4v) is 3.30. The van der Waals surface area contributed by atoms with Gasteiger partial charge in [0.2, 0.25) is 0 Å². The normalized spacial score (nSPS) is 12.3. The number of carbonyl (C=O) groups is 1. The second-order valence-electron chi connectivity index (χ2n) is 3.85. The molecule has 0 saturated carbocycles. The Morgan fingerprint density at radius 1 is 1.47 bits per heavy atom. The van der Waals surface area contributed by atoms with Gasteiger partial charge in [-0.25, -0.2) is 4.79 Å². The van der Waals surface area contributed by atoms with E-state index < -0.39 is 16.8 Å². The second-order valence-corrected chi connectivity index (χ2v) is 5.68. The Hall–Kier alpha value is -1.66. The molecule has 1 heterocycles. The summed E-state index contributed by atoms with van der Waals surface area (Å²) in [6.07, 6.45) is 1.25. The third-order valence-corrected chi connectivity index (χ3v) is 4.47. The first kappa shape index (κ1) is 13.8. The van der Waals surface area contributed by atoms with E-state index in [1.165, 1.54) is 10.9 Å². The quantitative estimate of drug-likeness (QED) is 0.938. The lowest BCUT2D eigenvalue weighted by Gasteiger charge is -2.06. The van der Waals surface area contributed by atoms with Crippen LogP contribution in [0.3, 0.4) is 0 Å². The molecule has 1 unspecified atom stereocenters. The number of halogens is 1. The van der Waals surface area contributed by atoms with Gasteiger partial charge in [-0.2, -0.15) is 5.10 Å². The van der Waals surface area contributed by atoms with Crippen LogP contribution in [0.25, 0.3) is 0 Å². The zero-order valence-corrected chi connectivity index (χ0v) is 11.6. The van der Waals surface area contributed by atoms with Crippen LogP contribution in [0.1, 0.15) is 16.1 Å². The van der Waals surface area contributed by atoms with Gasteiger partial charge in [0, 0.05) is 7.05 Å². The second kappa shape index (κ2) is 5.54. The summed E-state index contributed by atoms with van der Waals surface area (Å²) in [6.45, 7) is 0. The van der Waals surface area contributed by atoms with Crippen molar-refractivity contribution in [3.8, 4) is 0 Å². The topological polar surface area (TPSA) is 72.2 Å². The molecule has 2 rings (SSSR count). The Morgan fingerprint density at radius 3 is 2.79 bits per heavy atom. The van der Waals surface area contributed by atoms with Gasteiger partial charge in [0.05, 0.1) is 38.4 Å². The van der Waals surface area contributed by atoms with Crippen LogP contribution >= 0.6 is 11.6 Å². The zero-order chi connectivity index (χ0) is 14.0. The van der Waals surface area contributed by atoms with Gasteiger partial charge in [0.1, 0.15) is 5.56 Å². The highest BCUT2D eigenvalue weighted by molar-refractivity contribution is 7.84. The van der Waals surface area contributed by atoms with Crippen LogP contribution in [0, 0.1) is 0 Å². The number of aryl methyl sites for hydroxylation is 1. The van der Waals surface area contributed by atoms with Gasteiger partial charge >= 0.3 is 5.97 Å². The maximum atomic E-state index is 12.3. The predicted octanol–water partition coefficient (Wildman–Crippen LogP) is 2.08. The average molecular weight is 299 g/mol. The molecule has 0 bridgehead atoms. The molecule has 1 N–H and O–H groups in total. The number of benzene rings is 1. The monoisotopic (exact) mass is 298 g/mol. The fourth-order valence-electron chi connectivity index (χ4n) is 1.64. The Labute approximate surface area is 117 Å². The zero-order valence-electron chi connectivity index (χ0n) is 10.0. The van der Waals surface area contributed by atoms with E-state index in [1.54, 1.807) is 31.3 Å². The number of rotatable bonds is 4. The number of hydrogen-bond acceptors (Lipinski definition) is 3. The number of aromatic nitrogens is 2. The van der Waals surface area contributed by atoms with Crippen molar-refractivity contribution in [1.82, 2.24) is 9.78 Å². The molecule has 0 saturated heterocycles. The molecule has 1 aromatic carbocycles. The number of aromatic carboxylic acids is 1. The van der Waals surface area contributed by atoms with Crippen molar-refractivity contribution in [1.29, 1.82) is 0 Å².